The predicted octanol–water partition coefficient (Wildman–Crippen LogP) is 7.18. The summed E-state index contributed by atoms with van der Waals surface area (Å²) in [4.78, 5) is 33.5. The smallest absolute Gasteiger partial charge is 0.323 e. The maximum absolute atomic E-state index is 13.4. The number of urea groups is 1. The maximum Gasteiger partial charge on any atom is 0.323 e. The highest BCUT2D eigenvalue weighted by Crippen LogP contribution is 2.40. The third-order valence-corrected chi connectivity index (χ3v) is 8.08. The number of sulfonamides is 1. The van der Waals surface area contributed by atoms with Crippen LogP contribution in [0.2, 0.25) is 0 Å². The molecule has 260 valence electrons. The van der Waals surface area contributed by atoms with Gasteiger partial charge in [-0.1, -0.05) is 45.0 Å². The minimum absolute atomic E-state index is 0.167. The van der Waals surface area contributed by atoms with Crippen LogP contribution in [0.4, 0.5) is 27.8 Å². The molecule has 0 fully saturated rings. The Morgan fingerprint density at radius 2 is 1.60 bits per heavy atom. The zero-order valence-electron chi connectivity index (χ0n) is 28.5. The molecular formula is C36H38N6O7S. The van der Waals surface area contributed by atoms with Gasteiger partial charge in [-0.2, -0.15) is 4.98 Å². The molecule has 4 aromatic carbocycles. The van der Waals surface area contributed by atoms with Crippen molar-refractivity contribution in [3.63, 3.8) is 0 Å². The van der Waals surface area contributed by atoms with Crippen molar-refractivity contribution in [1.82, 2.24) is 9.97 Å². The number of benzene rings is 4. The zero-order valence-corrected chi connectivity index (χ0v) is 29.3. The molecule has 0 saturated heterocycles. The summed E-state index contributed by atoms with van der Waals surface area (Å²) in [5.41, 5.74) is 2.72. The van der Waals surface area contributed by atoms with E-state index in [1.54, 1.807) is 48.7 Å². The molecule has 0 aliphatic heterocycles. The number of ether oxygens (including phenoxy) is 3. The van der Waals surface area contributed by atoms with E-state index in [0.29, 0.717) is 46.0 Å². The lowest BCUT2D eigenvalue weighted by atomic mass is 9.86. The minimum Gasteiger partial charge on any atom is -0.497 e. The summed E-state index contributed by atoms with van der Waals surface area (Å²) in [6.45, 7) is 6.27. The lowest BCUT2D eigenvalue weighted by molar-refractivity contribution is 0.112. The van der Waals surface area contributed by atoms with Gasteiger partial charge < -0.3 is 30.2 Å². The molecule has 5 aromatic rings. The molecule has 14 heteroatoms. The van der Waals surface area contributed by atoms with Gasteiger partial charge in [0.05, 0.1) is 37.5 Å². The molecule has 1 heterocycles. The molecule has 4 N–H and O–H groups in total. The number of rotatable bonds is 12. The van der Waals surface area contributed by atoms with Crippen LogP contribution in [0.5, 0.6) is 23.1 Å². The third-order valence-electron chi connectivity index (χ3n) is 7.49. The Balaban J connectivity index is 1.36. The van der Waals surface area contributed by atoms with E-state index >= 15 is 0 Å². The number of carbonyl (C=O) groups excluding carboxylic acids is 2. The van der Waals surface area contributed by atoms with E-state index in [9.17, 15) is 18.0 Å². The molecule has 5 rings (SSSR count). The summed E-state index contributed by atoms with van der Waals surface area (Å²) in [5.74, 6) is 1.83. The van der Waals surface area contributed by atoms with E-state index in [-0.39, 0.29) is 28.4 Å². The number of aromatic nitrogens is 2. The predicted molar refractivity (Wildman–Crippen MR) is 195 cm³/mol. The maximum atomic E-state index is 13.4. The fourth-order valence-electron chi connectivity index (χ4n) is 5.15. The molecule has 0 aliphatic carbocycles. The molecule has 0 radical (unpaired) electrons. The number of nitrogens with zero attached hydrogens (tertiary/aromatic N) is 2. The Morgan fingerprint density at radius 3 is 2.28 bits per heavy atom. The second kappa shape index (κ2) is 14.7. The SMILES string of the molecule is COc1cc(C=O)cc(CNc2nccc(Oc3ccc(NC(=O)Nc4cc(C(C)(C)C)cc(NS(C)(=O)=O)c4OC)c4ccccc34)n2)c1. The highest BCUT2D eigenvalue weighted by Gasteiger charge is 2.22. The first-order valence-corrected chi connectivity index (χ1v) is 17.3. The van der Waals surface area contributed by atoms with E-state index in [4.69, 9.17) is 14.2 Å². The first kappa shape index (κ1) is 35.4. The highest BCUT2D eigenvalue weighted by atomic mass is 32.2. The van der Waals surface area contributed by atoms with Crippen LogP contribution < -0.4 is 34.9 Å². The van der Waals surface area contributed by atoms with Crippen molar-refractivity contribution in [2.24, 2.45) is 0 Å². The highest BCUT2D eigenvalue weighted by molar-refractivity contribution is 7.92. The third kappa shape index (κ3) is 8.76. The summed E-state index contributed by atoms with van der Waals surface area (Å²) in [6, 6.07) is 20.6. The number of hydrogen-bond acceptors (Lipinski definition) is 10. The number of aldehydes is 1. The van der Waals surface area contributed by atoms with Crippen LogP contribution in [0.3, 0.4) is 0 Å². The lowest BCUT2D eigenvalue weighted by Crippen LogP contribution is -2.22. The number of amides is 2. The number of anilines is 4. The Kier molecular flexibility index (Phi) is 10.4. The van der Waals surface area contributed by atoms with Gasteiger partial charge in [-0.05, 0) is 59.0 Å². The molecule has 0 aliphatic rings. The van der Waals surface area contributed by atoms with Crippen LogP contribution in [0, 0.1) is 0 Å². The van der Waals surface area contributed by atoms with Crippen molar-refractivity contribution in [3.05, 3.63) is 95.7 Å². The fourth-order valence-corrected chi connectivity index (χ4v) is 5.70. The van der Waals surface area contributed by atoms with Crippen LogP contribution in [0.1, 0.15) is 42.3 Å². The molecule has 0 spiro atoms. The number of carbonyl (C=O) groups is 2. The van der Waals surface area contributed by atoms with E-state index in [1.165, 1.54) is 14.2 Å². The number of nitrogens with one attached hydrogen (secondary N) is 4. The Hall–Kier alpha value is -5.89. The normalized spacial score (nSPS) is 11.4. The Bertz CT molecular complexity index is 2170. The van der Waals surface area contributed by atoms with Gasteiger partial charge in [-0.25, -0.2) is 18.2 Å². The van der Waals surface area contributed by atoms with Crippen molar-refractivity contribution in [1.29, 1.82) is 0 Å². The van der Waals surface area contributed by atoms with Gasteiger partial charge >= 0.3 is 6.03 Å². The average molecular weight is 699 g/mol. The molecule has 0 unspecified atom stereocenters. The lowest BCUT2D eigenvalue weighted by Gasteiger charge is -2.24. The molecule has 2 amide bonds. The van der Waals surface area contributed by atoms with Gasteiger partial charge in [0.25, 0.3) is 0 Å². The van der Waals surface area contributed by atoms with E-state index in [0.717, 1.165) is 23.7 Å². The number of hydrogen-bond donors (Lipinski definition) is 4. The van der Waals surface area contributed by atoms with Gasteiger partial charge in [-0.3, -0.25) is 9.52 Å². The Morgan fingerprint density at radius 1 is 0.880 bits per heavy atom. The van der Waals surface area contributed by atoms with Crippen molar-refractivity contribution in [2.75, 3.05) is 41.1 Å². The molecule has 13 nitrogen and oxygen atoms in total. The van der Waals surface area contributed by atoms with E-state index in [1.807, 2.05) is 51.1 Å². The van der Waals surface area contributed by atoms with Crippen LogP contribution in [-0.2, 0) is 22.0 Å². The number of methoxy groups -OCH3 is 2. The van der Waals surface area contributed by atoms with Gasteiger partial charge in [-0.15, -0.1) is 0 Å². The van der Waals surface area contributed by atoms with E-state index in [2.05, 4.69) is 30.6 Å². The number of fused-ring (bicyclic) bond motifs is 1. The Labute approximate surface area is 290 Å². The first-order chi connectivity index (χ1) is 23.8. The second-order valence-corrected chi connectivity index (χ2v) is 14.1. The van der Waals surface area contributed by atoms with Crippen molar-refractivity contribution in [2.45, 2.75) is 32.7 Å². The zero-order chi connectivity index (χ0) is 36.1. The van der Waals surface area contributed by atoms with Gasteiger partial charge in [0.15, 0.2) is 5.75 Å². The molecular weight excluding hydrogens is 660 g/mol. The summed E-state index contributed by atoms with van der Waals surface area (Å²) in [5, 5.41) is 10.3. The summed E-state index contributed by atoms with van der Waals surface area (Å²) in [6.07, 6.45) is 3.37. The van der Waals surface area contributed by atoms with Crippen LogP contribution >= 0.6 is 0 Å². The van der Waals surface area contributed by atoms with Gasteiger partial charge in [0, 0.05) is 35.1 Å². The molecule has 50 heavy (non-hydrogen) atoms. The minimum atomic E-state index is -3.64. The van der Waals surface area contributed by atoms with Crippen LogP contribution in [0.25, 0.3) is 10.8 Å². The van der Waals surface area contributed by atoms with Gasteiger partial charge in [0.2, 0.25) is 21.9 Å². The summed E-state index contributed by atoms with van der Waals surface area (Å²) >= 11 is 0. The van der Waals surface area contributed by atoms with Crippen LogP contribution in [-0.4, -0.2) is 51.2 Å². The van der Waals surface area contributed by atoms with Crippen LogP contribution in [0.15, 0.2) is 79.0 Å². The van der Waals surface area contributed by atoms with Crippen molar-refractivity contribution >= 4 is 56.1 Å². The largest absolute Gasteiger partial charge is 0.497 e. The first-order valence-electron chi connectivity index (χ1n) is 15.4. The molecule has 0 bridgehead atoms. The molecule has 0 saturated carbocycles. The molecule has 0 atom stereocenters. The molecule has 1 aromatic heterocycles. The summed E-state index contributed by atoms with van der Waals surface area (Å²) in [7, 11) is -0.699. The topological polar surface area (TPSA) is 170 Å². The standard InChI is InChI=1S/C36H38N6O7S/c1-36(2,3)24-18-29(33(48-5)30(19-24)42-50(6,45)46)40-35(44)39-28-11-12-31(27-10-8-7-9-26(27)28)49-32-13-14-37-34(41-32)38-20-22-15-23(21-43)17-25(16-22)47-4/h7-19,21,42H,20H2,1-6H3,(H,37,38,41)(H2,39,40,44). The summed E-state index contributed by atoms with van der Waals surface area (Å²) < 4.78 is 43.7. The fraction of sp³-hybridized carbons (Fsp3) is 0.222. The quantitative estimate of drug-likeness (QED) is 0.0979. The van der Waals surface area contributed by atoms with Gasteiger partial charge in [0.1, 0.15) is 17.8 Å². The van der Waals surface area contributed by atoms with Crippen molar-refractivity contribution in [3.8, 4) is 23.1 Å². The van der Waals surface area contributed by atoms with Crippen molar-refractivity contribution < 1.29 is 32.2 Å². The second-order valence-electron chi connectivity index (χ2n) is 12.4. The monoisotopic (exact) mass is 698 g/mol. The average Bonchev–Trinajstić information content (AvgIpc) is 3.07. The van der Waals surface area contributed by atoms with E-state index < -0.39 is 16.1 Å².